The van der Waals surface area contributed by atoms with Crippen LogP contribution in [0.15, 0.2) is 40.1 Å². The molecule has 1 aliphatic heterocycles. The number of hydrogen-bond acceptors (Lipinski definition) is 4. The molecule has 3 rings (SSSR count). The van der Waals surface area contributed by atoms with Crippen LogP contribution >= 0.6 is 0 Å². The Balaban J connectivity index is 1.82. The van der Waals surface area contributed by atoms with Crippen LogP contribution < -0.4 is 10.9 Å². The van der Waals surface area contributed by atoms with Crippen LogP contribution in [0.4, 0.5) is 4.79 Å². The number of nitrogens with one attached hydrogen (secondary N) is 2. The predicted octanol–water partition coefficient (Wildman–Crippen LogP) is 0.527. The van der Waals surface area contributed by atoms with Gasteiger partial charge in [0.2, 0.25) is 6.08 Å². The van der Waals surface area contributed by atoms with E-state index in [2.05, 4.69) is 15.4 Å². The molecule has 23 heavy (non-hydrogen) atoms. The lowest BCUT2D eigenvalue weighted by Crippen LogP contribution is -2.43. The van der Waals surface area contributed by atoms with Crippen LogP contribution in [-0.4, -0.2) is 40.0 Å². The van der Waals surface area contributed by atoms with E-state index in [9.17, 15) is 14.4 Å². The number of nitrogens with zero attached hydrogens (tertiary/aromatic N) is 3. The van der Waals surface area contributed by atoms with Gasteiger partial charge in [-0.2, -0.15) is 4.99 Å². The Morgan fingerprint density at radius 1 is 1.35 bits per heavy atom. The van der Waals surface area contributed by atoms with Crippen LogP contribution in [0.5, 0.6) is 0 Å². The molecule has 0 aliphatic carbocycles. The second kappa shape index (κ2) is 6.33. The number of H-pyrrole nitrogens is 1. The van der Waals surface area contributed by atoms with Crippen molar-refractivity contribution in [2.75, 3.05) is 13.2 Å². The van der Waals surface area contributed by atoms with Gasteiger partial charge in [0.05, 0.1) is 17.8 Å². The van der Waals surface area contributed by atoms with Crippen molar-refractivity contribution >= 4 is 12.1 Å². The Bertz CT molecular complexity index is 817. The standard InChI is InChI=1S/C15H15N5O3/c21-10-16-9-17-15(23)19-7-6-13-12(8-19)14(22)20(18-13)11-4-2-1-3-5-11/h1-5,18H,6-9H2,(H,17,23). The fourth-order valence-corrected chi connectivity index (χ4v) is 2.59. The zero-order valence-electron chi connectivity index (χ0n) is 12.3. The molecule has 0 unspecified atom stereocenters. The number of isocyanates is 1. The smallest absolute Gasteiger partial charge is 0.319 e. The normalized spacial score (nSPS) is 13.1. The summed E-state index contributed by atoms with van der Waals surface area (Å²) in [5.41, 5.74) is 2.01. The van der Waals surface area contributed by atoms with Crippen LogP contribution in [0.3, 0.4) is 0 Å². The molecular formula is C15H15N5O3. The summed E-state index contributed by atoms with van der Waals surface area (Å²) in [6, 6.07) is 8.91. The largest absolute Gasteiger partial charge is 0.320 e. The third kappa shape index (κ3) is 2.93. The summed E-state index contributed by atoms with van der Waals surface area (Å²) >= 11 is 0. The number of urea groups is 1. The van der Waals surface area contributed by atoms with E-state index in [-0.39, 0.29) is 24.8 Å². The second-order valence-electron chi connectivity index (χ2n) is 5.11. The van der Waals surface area contributed by atoms with E-state index < -0.39 is 0 Å². The minimum absolute atomic E-state index is 0.118. The summed E-state index contributed by atoms with van der Waals surface area (Å²) in [5.74, 6) is 0. The molecule has 0 fully saturated rings. The fourth-order valence-electron chi connectivity index (χ4n) is 2.59. The molecule has 8 nitrogen and oxygen atoms in total. The average Bonchev–Trinajstić information content (AvgIpc) is 2.92. The number of fused-ring (bicyclic) bond motifs is 1. The van der Waals surface area contributed by atoms with Crippen LogP contribution in [-0.2, 0) is 17.8 Å². The summed E-state index contributed by atoms with van der Waals surface area (Å²) in [5, 5.41) is 5.59. The summed E-state index contributed by atoms with van der Waals surface area (Å²) in [7, 11) is 0. The molecule has 8 heteroatoms. The predicted molar refractivity (Wildman–Crippen MR) is 82.0 cm³/mol. The van der Waals surface area contributed by atoms with Gasteiger partial charge in [0.15, 0.2) is 0 Å². The minimum Gasteiger partial charge on any atom is -0.320 e. The number of hydrogen-bond donors (Lipinski definition) is 2. The number of para-hydroxylation sites is 1. The first-order valence-electron chi connectivity index (χ1n) is 7.15. The molecule has 0 spiro atoms. The SMILES string of the molecule is O=C=NCNC(=O)N1CCc2[nH]n(-c3ccccc3)c(=O)c2C1. The van der Waals surface area contributed by atoms with E-state index in [1.807, 2.05) is 30.3 Å². The number of rotatable bonds is 3. The molecule has 0 saturated heterocycles. The maximum atomic E-state index is 12.5. The molecule has 1 aromatic heterocycles. The van der Waals surface area contributed by atoms with E-state index >= 15 is 0 Å². The topological polar surface area (TPSA) is 99.6 Å². The Hall–Kier alpha value is -3.12. The highest BCUT2D eigenvalue weighted by Gasteiger charge is 2.25. The Labute approximate surface area is 131 Å². The molecule has 1 aliphatic rings. The molecule has 2 heterocycles. The van der Waals surface area contributed by atoms with E-state index in [1.165, 1.54) is 15.7 Å². The Kier molecular flexibility index (Phi) is 4.07. The third-order valence-electron chi connectivity index (χ3n) is 3.73. The average molecular weight is 313 g/mol. The van der Waals surface area contributed by atoms with Crippen LogP contribution in [0.1, 0.15) is 11.3 Å². The van der Waals surface area contributed by atoms with Gasteiger partial charge in [-0.25, -0.2) is 14.3 Å². The van der Waals surface area contributed by atoms with Crippen molar-refractivity contribution in [3.05, 3.63) is 51.9 Å². The van der Waals surface area contributed by atoms with Crippen molar-refractivity contribution in [1.82, 2.24) is 20.0 Å². The van der Waals surface area contributed by atoms with Crippen molar-refractivity contribution in [3.63, 3.8) is 0 Å². The number of carbonyl (C=O) groups excluding carboxylic acids is 2. The highest BCUT2D eigenvalue weighted by atomic mass is 16.2. The molecule has 2 aromatic rings. The highest BCUT2D eigenvalue weighted by Crippen LogP contribution is 2.15. The first kappa shape index (κ1) is 14.8. The maximum absolute atomic E-state index is 12.5. The van der Waals surface area contributed by atoms with Gasteiger partial charge in [0.25, 0.3) is 5.56 Å². The van der Waals surface area contributed by atoms with Gasteiger partial charge in [0.1, 0.15) is 6.67 Å². The molecule has 0 atom stereocenters. The fraction of sp³-hybridized carbons (Fsp3) is 0.267. The zero-order valence-corrected chi connectivity index (χ0v) is 12.3. The second-order valence-corrected chi connectivity index (χ2v) is 5.11. The van der Waals surface area contributed by atoms with E-state index in [0.717, 1.165) is 11.4 Å². The Morgan fingerprint density at radius 3 is 2.87 bits per heavy atom. The molecule has 0 saturated carbocycles. The van der Waals surface area contributed by atoms with Crippen LogP contribution in [0.2, 0.25) is 0 Å². The maximum Gasteiger partial charge on any atom is 0.319 e. The number of benzene rings is 1. The molecule has 1 aromatic carbocycles. The summed E-state index contributed by atoms with van der Waals surface area (Å²) in [6.07, 6.45) is 1.92. The van der Waals surface area contributed by atoms with Gasteiger partial charge in [-0.3, -0.25) is 9.89 Å². The number of carbonyl (C=O) groups is 1. The zero-order chi connectivity index (χ0) is 16.2. The van der Waals surface area contributed by atoms with Gasteiger partial charge < -0.3 is 10.2 Å². The monoisotopic (exact) mass is 313 g/mol. The van der Waals surface area contributed by atoms with Crippen LogP contribution in [0, 0.1) is 0 Å². The summed E-state index contributed by atoms with van der Waals surface area (Å²) < 4.78 is 1.49. The van der Waals surface area contributed by atoms with Gasteiger partial charge in [-0.05, 0) is 12.1 Å². The highest BCUT2D eigenvalue weighted by molar-refractivity contribution is 5.74. The van der Waals surface area contributed by atoms with E-state index in [1.54, 1.807) is 0 Å². The molecule has 0 radical (unpaired) electrons. The lowest BCUT2D eigenvalue weighted by molar-refractivity contribution is 0.192. The molecule has 2 amide bonds. The lowest BCUT2D eigenvalue weighted by atomic mass is 10.1. The first-order valence-corrected chi connectivity index (χ1v) is 7.15. The molecule has 0 bridgehead atoms. The summed E-state index contributed by atoms with van der Waals surface area (Å²) in [4.78, 5) is 39.3. The molecule has 118 valence electrons. The van der Waals surface area contributed by atoms with Gasteiger partial charge in [-0.1, -0.05) is 18.2 Å². The summed E-state index contributed by atoms with van der Waals surface area (Å²) in [6.45, 7) is 0.590. The Morgan fingerprint density at radius 2 is 2.13 bits per heavy atom. The van der Waals surface area contributed by atoms with Gasteiger partial charge in [-0.15, -0.1) is 0 Å². The van der Waals surface area contributed by atoms with E-state index in [4.69, 9.17) is 0 Å². The number of aromatic amines is 1. The quantitative estimate of drug-likeness (QED) is 0.638. The van der Waals surface area contributed by atoms with Crippen molar-refractivity contribution in [2.45, 2.75) is 13.0 Å². The number of aromatic nitrogens is 2. The molecule has 2 N–H and O–H groups in total. The van der Waals surface area contributed by atoms with Crippen LogP contribution in [0.25, 0.3) is 5.69 Å². The van der Waals surface area contributed by atoms with Crippen molar-refractivity contribution < 1.29 is 9.59 Å². The van der Waals surface area contributed by atoms with Crippen molar-refractivity contribution in [2.24, 2.45) is 4.99 Å². The van der Waals surface area contributed by atoms with Gasteiger partial charge >= 0.3 is 6.03 Å². The van der Waals surface area contributed by atoms with Gasteiger partial charge in [0, 0.05) is 18.7 Å². The number of amides is 2. The number of aliphatic imine (C=N–C) groups is 1. The third-order valence-corrected chi connectivity index (χ3v) is 3.73. The van der Waals surface area contributed by atoms with Crippen molar-refractivity contribution in [1.29, 1.82) is 0 Å². The van der Waals surface area contributed by atoms with E-state index in [0.29, 0.717) is 18.5 Å². The molecular weight excluding hydrogens is 298 g/mol. The van der Waals surface area contributed by atoms with Crippen molar-refractivity contribution in [3.8, 4) is 5.69 Å². The lowest BCUT2D eigenvalue weighted by Gasteiger charge is -2.25. The first-order chi connectivity index (χ1) is 11.2. The minimum atomic E-state index is -0.360.